The predicted octanol–water partition coefficient (Wildman–Crippen LogP) is 1.55. The first-order chi connectivity index (χ1) is 13.1. The lowest BCUT2D eigenvalue weighted by molar-refractivity contribution is -0.129. The van der Waals surface area contributed by atoms with E-state index < -0.39 is 5.54 Å². The molecule has 1 unspecified atom stereocenters. The minimum atomic E-state index is -0.542. The number of amides is 2. The van der Waals surface area contributed by atoms with E-state index in [4.69, 9.17) is 0 Å². The van der Waals surface area contributed by atoms with Gasteiger partial charge in [0.05, 0.1) is 24.2 Å². The Morgan fingerprint density at radius 2 is 2.11 bits per heavy atom. The van der Waals surface area contributed by atoms with Crippen molar-refractivity contribution < 1.29 is 9.59 Å². The first-order valence-electron chi connectivity index (χ1n) is 10.0. The first kappa shape index (κ1) is 18.0. The van der Waals surface area contributed by atoms with Crippen LogP contribution in [0.15, 0.2) is 6.20 Å². The molecule has 1 saturated heterocycles. The predicted molar refractivity (Wildman–Crippen MR) is 96.0 cm³/mol. The number of carbonyl (C=O) groups excluding carboxylic acids is 2. The Hall–Kier alpha value is -2.43. The smallest absolute Gasteiger partial charge is 0.225 e. The maximum absolute atomic E-state index is 12.8. The van der Waals surface area contributed by atoms with Gasteiger partial charge >= 0.3 is 0 Å². The molecule has 0 bridgehead atoms. The van der Waals surface area contributed by atoms with Crippen LogP contribution >= 0.6 is 0 Å². The van der Waals surface area contributed by atoms with Crippen molar-refractivity contribution in [1.82, 2.24) is 25.6 Å². The molecule has 8 nitrogen and oxygen atoms in total. The Balaban J connectivity index is 1.51. The summed E-state index contributed by atoms with van der Waals surface area (Å²) in [4.78, 5) is 24.2. The standard InChI is InChI=1S/C19H26N6O2/c20-12-19(8-9-19)25-11-15(23-24-25)17(13-4-2-1-3-5-13)22-18(27)14-6-7-16(26)21-10-14/h11,13-14,17H,1-10H2,(H,21,26)(H,22,27)/t14?,17-/m0/s1. The molecule has 27 heavy (non-hydrogen) atoms. The summed E-state index contributed by atoms with van der Waals surface area (Å²) >= 11 is 0. The normalized spacial score (nSPS) is 25.9. The molecular formula is C19H26N6O2. The Kier molecular flexibility index (Phi) is 4.85. The van der Waals surface area contributed by atoms with Crippen LogP contribution in [-0.2, 0) is 15.1 Å². The van der Waals surface area contributed by atoms with Gasteiger partial charge in [-0.1, -0.05) is 24.5 Å². The van der Waals surface area contributed by atoms with Gasteiger partial charge in [0.2, 0.25) is 11.8 Å². The van der Waals surface area contributed by atoms with Crippen LogP contribution in [0.4, 0.5) is 0 Å². The quantitative estimate of drug-likeness (QED) is 0.816. The average Bonchev–Trinajstić information content (AvgIpc) is 3.36. The number of rotatable bonds is 5. The molecule has 0 spiro atoms. The molecule has 2 amide bonds. The second-order valence-corrected chi connectivity index (χ2v) is 8.16. The van der Waals surface area contributed by atoms with Gasteiger partial charge in [0.25, 0.3) is 0 Å². The highest BCUT2D eigenvalue weighted by Crippen LogP contribution is 2.43. The second kappa shape index (κ2) is 7.29. The summed E-state index contributed by atoms with van der Waals surface area (Å²) in [5, 5.41) is 23.9. The minimum absolute atomic E-state index is 0.0112. The average molecular weight is 370 g/mol. The van der Waals surface area contributed by atoms with Gasteiger partial charge in [-0.2, -0.15) is 5.26 Å². The summed E-state index contributed by atoms with van der Waals surface area (Å²) in [5.74, 6) is 0.125. The zero-order chi connectivity index (χ0) is 18.9. The van der Waals surface area contributed by atoms with E-state index in [1.807, 2.05) is 6.20 Å². The molecule has 0 aromatic carbocycles. The Morgan fingerprint density at radius 1 is 1.33 bits per heavy atom. The van der Waals surface area contributed by atoms with E-state index in [2.05, 4.69) is 27.0 Å². The number of carbonyl (C=O) groups is 2. The van der Waals surface area contributed by atoms with Crippen molar-refractivity contribution in [3.63, 3.8) is 0 Å². The van der Waals surface area contributed by atoms with Gasteiger partial charge in [-0.05, 0) is 38.0 Å². The number of hydrogen-bond acceptors (Lipinski definition) is 5. The zero-order valence-electron chi connectivity index (χ0n) is 15.5. The van der Waals surface area contributed by atoms with Crippen molar-refractivity contribution >= 4 is 11.8 Å². The van der Waals surface area contributed by atoms with Crippen molar-refractivity contribution in [2.24, 2.45) is 11.8 Å². The lowest BCUT2D eigenvalue weighted by atomic mass is 9.82. The Morgan fingerprint density at radius 3 is 2.74 bits per heavy atom. The van der Waals surface area contributed by atoms with E-state index >= 15 is 0 Å². The molecule has 4 rings (SSSR count). The molecule has 2 heterocycles. The molecule has 1 aromatic rings. The SMILES string of the molecule is N#CC1(n2cc([C@@H](NC(=O)C3CCC(=O)NC3)C3CCCCC3)nn2)CC1. The monoisotopic (exact) mass is 370 g/mol. The number of hydrogen-bond donors (Lipinski definition) is 2. The largest absolute Gasteiger partial charge is 0.355 e. The van der Waals surface area contributed by atoms with Gasteiger partial charge in [0, 0.05) is 13.0 Å². The van der Waals surface area contributed by atoms with E-state index in [-0.39, 0.29) is 23.8 Å². The second-order valence-electron chi connectivity index (χ2n) is 8.16. The summed E-state index contributed by atoms with van der Waals surface area (Å²) in [6.45, 7) is 0.395. The fourth-order valence-electron chi connectivity index (χ4n) is 4.27. The number of aromatic nitrogens is 3. The third-order valence-corrected chi connectivity index (χ3v) is 6.26. The number of nitriles is 1. The molecule has 2 N–H and O–H groups in total. The van der Waals surface area contributed by atoms with Crippen LogP contribution in [0, 0.1) is 23.2 Å². The molecule has 2 saturated carbocycles. The molecule has 1 aliphatic heterocycles. The molecule has 0 radical (unpaired) electrons. The van der Waals surface area contributed by atoms with Crippen LogP contribution in [0.2, 0.25) is 0 Å². The number of nitrogens with zero attached hydrogens (tertiary/aromatic N) is 4. The van der Waals surface area contributed by atoms with Crippen molar-refractivity contribution in [1.29, 1.82) is 5.26 Å². The first-order valence-corrected chi connectivity index (χ1v) is 10.0. The van der Waals surface area contributed by atoms with Crippen molar-refractivity contribution in [2.75, 3.05) is 6.54 Å². The number of piperidine rings is 1. The molecule has 2 aliphatic carbocycles. The van der Waals surface area contributed by atoms with Crippen LogP contribution in [0.3, 0.4) is 0 Å². The highest BCUT2D eigenvalue weighted by molar-refractivity contribution is 5.83. The van der Waals surface area contributed by atoms with Crippen LogP contribution in [-0.4, -0.2) is 33.4 Å². The van der Waals surface area contributed by atoms with Crippen LogP contribution < -0.4 is 10.6 Å². The molecule has 3 fully saturated rings. The Labute approximate surface area is 158 Å². The summed E-state index contributed by atoms with van der Waals surface area (Å²) in [6, 6.07) is 2.15. The van der Waals surface area contributed by atoms with Gasteiger partial charge in [-0.15, -0.1) is 5.10 Å². The van der Waals surface area contributed by atoms with E-state index in [0.29, 0.717) is 25.3 Å². The summed E-state index contributed by atoms with van der Waals surface area (Å²) in [6.07, 6.45) is 10.1. The van der Waals surface area contributed by atoms with Crippen LogP contribution in [0.25, 0.3) is 0 Å². The van der Waals surface area contributed by atoms with E-state index in [9.17, 15) is 14.9 Å². The van der Waals surface area contributed by atoms with Gasteiger partial charge in [0.15, 0.2) is 5.54 Å². The molecule has 144 valence electrons. The fourth-order valence-corrected chi connectivity index (χ4v) is 4.27. The summed E-state index contributed by atoms with van der Waals surface area (Å²) < 4.78 is 1.67. The highest BCUT2D eigenvalue weighted by Gasteiger charge is 2.47. The summed E-state index contributed by atoms with van der Waals surface area (Å²) in [7, 11) is 0. The molecule has 2 atom stereocenters. The van der Waals surface area contributed by atoms with Crippen molar-refractivity contribution in [3.05, 3.63) is 11.9 Å². The van der Waals surface area contributed by atoms with Gasteiger partial charge in [0.1, 0.15) is 5.69 Å². The summed E-state index contributed by atoms with van der Waals surface area (Å²) in [5.41, 5.74) is 0.205. The van der Waals surface area contributed by atoms with E-state index in [0.717, 1.165) is 44.2 Å². The maximum Gasteiger partial charge on any atom is 0.225 e. The highest BCUT2D eigenvalue weighted by atomic mass is 16.2. The lowest BCUT2D eigenvalue weighted by Crippen LogP contribution is -2.45. The van der Waals surface area contributed by atoms with Gasteiger partial charge in [-0.3, -0.25) is 9.59 Å². The third-order valence-electron chi connectivity index (χ3n) is 6.26. The zero-order valence-corrected chi connectivity index (χ0v) is 15.5. The van der Waals surface area contributed by atoms with E-state index in [1.165, 1.54) is 6.42 Å². The van der Waals surface area contributed by atoms with E-state index in [1.54, 1.807) is 4.68 Å². The van der Waals surface area contributed by atoms with Crippen molar-refractivity contribution in [2.45, 2.75) is 69.4 Å². The van der Waals surface area contributed by atoms with Crippen LogP contribution in [0.1, 0.15) is 69.5 Å². The molecule has 3 aliphatic rings. The van der Waals surface area contributed by atoms with Crippen molar-refractivity contribution in [3.8, 4) is 6.07 Å². The lowest BCUT2D eigenvalue weighted by Gasteiger charge is -2.31. The molecule has 1 aromatic heterocycles. The van der Waals surface area contributed by atoms with Gasteiger partial charge < -0.3 is 10.6 Å². The maximum atomic E-state index is 12.8. The third kappa shape index (κ3) is 3.68. The Bertz CT molecular complexity index is 746. The molecule has 8 heteroatoms. The molecular weight excluding hydrogens is 344 g/mol. The number of nitrogens with one attached hydrogen (secondary N) is 2. The van der Waals surface area contributed by atoms with Crippen LogP contribution in [0.5, 0.6) is 0 Å². The van der Waals surface area contributed by atoms with Gasteiger partial charge in [-0.25, -0.2) is 4.68 Å². The minimum Gasteiger partial charge on any atom is -0.355 e. The fraction of sp³-hybridized carbons (Fsp3) is 0.737. The topological polar surface area (TPSA) is 113 Å².